The zero-order valence-electron chi connectivity index (χ0n) is 13.8. The molecule has 9 heteroatoms. The third kappa shape index (κ3) is 4.19. The molecule has 2 heterocycles. The van der Waals surface area contributed by atoms with Crippen molar-refractivity contribution in [3.63, 3.8) is 0 Å². The number of alkyl halides is 2. The summed E-state index contributed by atoms with van der Waals surface area (Å²) in [4.78, 5) is 25.8. The van der Waals surface area contributed by atoms with Crippen molar-refractivity contribution in [3.8, 4) is 0 Å². The van der Waals surface area contributed by atoms with Crippen LogP contribution in [0, 0.1) is 0 Å². The average molecular weight is 375 g/mol. The third-order valence-corrected chi connectivity index (χ3v) is 4.25. The van der Waals surface area contributed by atoms with Crippen LogP contribution in [-0.4, -0.2) is 43.5 Å². The Morgan fingerprint density at radius 1 is 1.40 bits per heavy atom. The van der Waals surface area contributed by atoms with Gasteiger partial charge in [0.05, 0.1) is 18.3 Å². The maximum Gasteiger partial charge on any atom is 0.321 e. The number of amides is 3. The third-order valence-electron chi connectivity index (χ3n) is 4.25. The maximum atomic E-state index is 13.2. The fourth-order valence-electron chi connectivity index (χ4n) is 3.04. The molecule has 1 aromatic carbocycles. The zero-order valence-corrected chi connectivity index (χ0v) is 14.6. The monoisotopic (exact) mass is 374 g/mol. The topological polar surface area (TPSA) is 73.5 Å². The van der Waals surface area contributed by atoms with Crippen molar-refractivity contribution in [1.29, 1.82) is 0 Å². The molecule has 1 atom stereocenters. The first-order chi connectivity index (χ1) is 11.4. The summed E-state index contributed by atoms with van der Waals surface area (Å²) in [5.74, 6) is -3.34. The molecule has 3 N–H and O–H groups in total. The van der Waals surface area contributed by atoms with Crippen molar-refractivity contribution < 1.29 is 18.4 Å². The standard InChI is InChI=1S/C16H20F2N4O2.ClH/c1-2-19-15(24)22-6-5-10-3-4-11(7-13(10)22)21-14(23)12-8-16(17,18)9-20-12;/h3-4,7,12,20H,2,5-6,8-9H2,1H3,(H,19,24)(H,21,23);1H. The van der Waals surface area contributed by atoms with Crippen molar-refractivity contribution in [2.45, 2.75) is 31.7 Å². The van der Waals surface area contributed by atoms with Gasteiger partial charge in [-0.05, 0) is 31.0 Å². The van der Waals surface area contributed by atoms with Gasteiger partial charge in [0.25, 0.3) is 5.92 Å². The quantitative estimate of drug-likeness (QED) is 0.759. The van der Waals surface area contributed by atoms with Crippen LogP contribution < -0.4 is 20.9 Å². The summed E-state index contributed by atoms with van der Waals surface area (Å²) < 4.78 is 26.4. The van der Waals surface area contributed by atoms with Crippen LogP contribution in [0.1, 0.15) is 18.9 Å². The number of hydrogen-bond donors (Lipinski definition) is 3. The number of nitrogens with one attached hydrogen (secondary N) is 3. The van der Waals surface area contributed by atoms with E-state index in [1.165, 1.54) is 0 Å². The van der Waals surface area contributed by atoms with Gasteiger partial charge in [-0.15, -0.1) is 12.4 Å². The number of benzene rings is 1. The van der Waals surface area contributed by atoms with Crippen molar-refractivity contribution in [1.82, 2.24) is 10.6 Å². The summed E-state index contributed by atoms with van der Waals surface area (Å²) in [5.41, 5.74) is 2.25. The number of carbonyl (C=O) groups excluding carboxylic acids is 2. The highest BCUT2D eigenvalue weighted by atomic mass is 35.5. The van der Waals surface area contributed by atoms with Gasteiger partial charge in [0.2, 0.25) is 5.91 Å². The molecule has 2 aliphatic heterocycles. The first-order valence-electron chi connectivity index (χ1n) is 8.00. The van der Waals surface area contributed by atoms with Crippen LogP contribution in [-0.2, 0) is 11.2 Å². The summed E-state index contributed by atoms with van der Waals surface area (Å²) in [5, 5.41) is 7.92. The molecule has 1 unspecified atom stereocenters. The minimum absolute atomic E-state index is 0. The Balaban J connectivity index is 0.00000225. The molecule has 1 aromatic rings. The van der Waals surface area contributed by atoms with E-state index in [1.54, 1.807) is 17.0 Å². The number of rotatable bonds is 3. The van der Waals surface area contributed by atoms with Crippen LogP contribution in [0.2, 0.25) is 0 Å². The van der Waals surface area contributed by atoms with Crippen LogP contribution in [0.4, 0.5) is 25.0 Å². The van der Waals surface area contributed by atoms with Crippen molar-refractivity contribution in [3.05, 3.63) is 23.8 Å². The smallest absolute Gasteiger partial charge is 0.321 e. The van der Waals surface area contributed by atoms with Crippen LogP contribution >= 0.6 is 12.4 Å². The lowest BCUT2D eigenvalue weighted by Crippen LogP contribution is -2.38. The second-order valence-electron chi connectivity index (χ2n) is 6.06. The lowest BCUT2D eigenvalue weighted by Gasteiger charge is -2.18. The number of hydrogen-bond acceptors (Lipinski definition) is 3. The summed E-state index contributed by atoms with van der Waals surface area (Å²) in [6, 6.07) is 4.19. The molecular weight excluding hydrogens is 354 g/mol. The highest BCUT2D eigenvalue weighted by Crippen LogP contribution is 2.31. The van der Waals surface area contributed by atoms with Gasteiger partial charge in [0.1, 0.15) is 0 Å². The Hall–Kier alpha value is -1.93. The average Bonchev–Trinajstić information content (AvgIpc) is 3.10. The van der Waals surface area contributed by atoms with E-state index in [0.29, 0.717) is 18.8 Å². The van der Waals surface area contributed by atoms with Gasteiger partial charge in [-0.2, -0.15) is 0 Å². The highest BCUT2D eigenvalue weighted by molar-refractivity contribution is 5.98. The molecule has 25 heavy (non-hydrogen) atoms. The summed E-state index contributed by atoms with van der Waals surface area (Å²) in [6.45, 7) is 2.47. The normalized spacial score (nSPS) is 20.6. The Labute approximate surface area is 150 Å². The van der Waals surface area contributed by atoms with E-state index in [4.69, 9.17) is 0 Å². The zero-order chi connectivity index (χ0) is 17.3. The van der Waals surface area contributed by atoms with Gasteiger partial charge in [0.15, 0.2) is 0 Å². The van der Waals surface area contributed by atoms with Gasteiger partial charge in [-0.25, -0.2) is 13.6 Å². The highest BCUT2D eigenvalue weighted by Gasteiger charge is 2.42. The molecule has 3 rings (SSSR count). The van der Waals surface area contributed by atoms with Crippen LogP contribution in [0.25, 0.3) is 0 Å². The lowest BCUT2D eigenvalue weighted by molar-refractivity contribution is -0.118. The Morgan fingerprint density at radius 2 is 2.16 bits per heavy atom. The van der Waals surface area contributed by atoms with E-state index >= 15 is 0 Å². The number of urea groups is 1. The van der Waals surface area contributed by atoms with Crippen molar-refractivity contribution >= 4 is 35.7 Å². The number of halogens is 3. The molecule has 2 aliphatic rings. The molecule has 0 aromatic heterocycles. The number of carbonyl (C=O) groups is 2. The first-order valence-corrected chi connectivity index (χ1v) is 8.00. The van der Waals surface area contributed by atoms with Crippen molar-refractivity contribution in [2.24, 2.45) is 0 Å². The van der Waals surface area contributed by atoms with E-state index in [9.17, 15) is 18.4 Å². The van der Waals surface area contributed by atoms with E-state index in [1.807, 2.05) is 13.0 Å². The SMILES string of the molecule is CCNC(=O)N1CCc2ccc(NC(=O)C3CC(F)(F)CN3)cc21.Cl. The van der Waals surface area contributed by atoms with E-state index in [-0.39, 0.29) is 18.4 Å². The van der Waals surface area contributed by atoms with E-state index in [2.05, 4.69) is 16.0 Å². The van der Waals surface area contributed by atoms with Gasteiger partial charge in [0, 0.05) is 25.2 Å². The summed E-state index contributed by atoms with van der Waals surface area (Å²) in [7, 11) is 0. The number of nitrogens with zero attached hydrogens (tertiary/aromatic N) is 1. The molecule has 0 spiro atoms. The van der Waals surface area contributed by atoms with E-state index in [0.717, 1.165) is 17.7 Å². The molecule has 138 valence electrons. The lowest BCUT2D eigenvalue weighted by atomic mass is 10.1. The first kappa shape index (κ1) is 19.4. The molecule has 1 saturated heterocycles. The fourth-order valence-corrected chi connectivity index (χ4v) is 3.04. The number of fused-ring (bicyclic) bond motifs is 1. The predicted molar refractivity (Wildman–Crippen MR) is 93.8 cm³/mol. The molecule has 0 aliphatic carbocycles. The van der Waals surface area contributed by atoms with Gasteiger partial charge in [-0.3, -0.25) is 15.0 Å². The molecule has 0 radical (unpaired) electrons. The van der Waals surface area contributed by atoms with Gasteiger partial charge >= 0.3 is 6.03 Å². The molecule has 3 amide bonds. The van der Waals surface area contributed by atoms with Crippen molar-refractivity contribution in [2.75, 3.05) is 29.9 Å². The summed E-state index contributed by atoms with van der Waals surface area (Å²) in [6.07, 6.45) is 0.242. The molecule has 0 bridgehead atoms. The second-order valence-corrected chi connectivity index (χ2v) is 6.06. The van der Waals surface area contributed by atoms with Crippen LogP contribution in [0.5, 0.6) is 0 Å². The van der Waals surface area contributed by atoms with E-state index < -0.39 is 30.8 Å². The van der Waals surface area contributed by atoms with Gasteiger partial charge < -0.3 is 10.6 Å². The maximum absolute atomic E-state index is 13.2. The molecule has 6 nitrogen and oxygen atoms in total. The second kappa shape index (κ2) is 7.53. The largest absolute Gasteiger partial charge is 0.338 e. The molecule has 1 fully saturated rings. The Morgan fingerprint density at radius 3 is 2.80 bits per heavy atom. The minimum atomic E-state index is -2.85. The molecule has 0 saturated carbocycles. The minimum Gasteiger partial charge on any atom is -0.338 e. The Bertz CT molecular complexity index is 672. The fraction of sp³-hybridized carbons (Fsp3) is 0.500. The number of anilines is 2. The molecular formula is C16H21ClF2N4O2. The summed E-state index contributed by atoms with van der Waals surface area (Å²) >= 11 is 0. The Kier molecular flexibility index (Phi) is 5.84. The van der Waals surface area contributed by atoms with Crippen LogP contribution in [0.3, 0.4) is 0 Å². The van der Waals surface area contributed by atoms with Gasteiger partial charge in [-0.1, -0.05) is 6.07 Å². The predicted octanol–water partition coefficient (Wildman–Crippen LogP) is 2.14. The van der Waals surface area contributed by atoms with Crippen LogP contribution in [0.15, 0.2) is 18.2 Å².